The zero-order chi connectivity index (χ0) is 14.4. The molecule has 0 aliphatic carbocycles. The highest BCUT2D eigenvalue weighted by molar-refractivity contribution is 5.93. The Labute approximate surface area is 119 Å². The summed E-state index contributed by atoms with van der Waals surface area (Å²) in [4.78, 5) is 11.0. The minimum absolute atomic E-state index is 0.000644. The van der Waals surface area contributed by atoms with Crippen LogP contribution in [0.2, 0.25) is 0 Å². The Morgan fingerprint density at radius 3 is 2.50 bits per heavy atom. The van der Waals surface area contributed by atoms with Gasteiger partial charge in [-0.1, -0.05) is 50.5 Å². The Kier molecular flexibility index (Phi) is 4.99. The lowest BCUT2D eigenvalue weighted by Gasteiger charge is -2.04. The number of aryl methyl sites for hydroxylation is 1. The first-order valence-electron chi connectivity index (χ1n) is 7.12. The summed E-state index contributed by atoms with van der Waals surface area (Å²) < 4.78 is 5.00. The van der Waals surface area contributed by atoms with Crippen molar-refractivity contribution in [2.45, 2.75) is 39.0 Å². The Hall–Kier alpha value is -2.03. The molecule has 0 saturated carbocycles. The SMILES string of the molecule is CCCCCCc1ccc(-c2ccoc2C(=O)O)cc1. The quantitative estimate of drug-likeness (QED) is 0.739. The number of hydrogen-bond acceptors (Lipinski definition) is 2. The number of furan rings is 1. The number of carbonyl (C=O) groups is 1. The van der Waals surface area contributed by atoms with Gasteiger partial charge in [-0.3, -0.25) is 0 Å². The topological polar surface area (TPSA) is 50.4 Å². The zero-order valence-electron chi connectivity index (χ0n) is 11.8. The molecule has 0 fully saturated rings. The third kappa shape index (κ3) is 3.50. The fourth-order valence-electron chi connectivity index (χ4n) is 2.31. The van der Waals surface area contributed by atoms with Crippen LogP contribution in [0.25, 0.3) is 11.1 Å². The summed E-state index contributed by atoms with van der Waals surface area (Å²) in [7, 11) is 0. The van der Waals surface area contributed by atoms with E-state index in [0.29, 0.717) is 5.56 Å². The molecular formula is C17H20O3. The second-order valence-corrected chi connectivity index (χ2v) is 4.98. The lowest BCUT2D eigenvalue weighted by molar-refractivity contribution is 0.0663. The Morgan fingerprint density at radius 1 is 1.10 bits per heavy atom. The number of hydrogen-bond donors (Lipinski definition) is 1. The van der Waals surface area contributed by atoms with E-state index in [1.165, 1.54) is 37.5 Å². The Balaban J connectivity index is 2.04. The molecule has 0 atom stereocenters. The second-order valence-electron chi connectivity index (χ2n) is 4.98. The van der Waals surface area contributed by atoms with Crippen molar-refractivity contribution in [2.75, 3.05) is 0 Å². The van der Waals surface area contributed by atoms with Crippen LogP contribution in [-0.2, 0) is 6.42 Å². The van der Waals surface area contributed by atoms with E-state index in [0.717, 1.165) is 12.0 Å². The molecule has 3 heteroatoms. The molecular weight excluding hydrogens is 252 g/mol. The first kappa shape index (κ1) is 14.4. The van der Waals surface area contributed by atoms with Gasteiger partial charge < -0.3 is 9.52 Å². The van der Waals surface area contributed by atoms with Crippen molar-refractivity contribution in [1.82, 2.24) is 0 Å². The number of benzene rings is 1. The second kappa shape index (κ2) is 6.94. The maximum Gasteiger partial charge on any atom is 0.372 e. The molecule has 0 bridgehead atoms. The minimum Gasteiger partial charge on any atom is -0.475 e. The van der Waals surface area contributed by atoms with Gasteiger partial charge in [0.2, 0.25) is 5.76 Å². The van der Waals surface area contributed by atoms with Crippen molar-refractivity contribution in [2.24, 2.45) is 0 Å². The number of carboxylic acid groups (broad SMARTS) is 1. The van der Waals surface area contributed by atoms with Crippen molar-refractivity contribution in [3.05, 3.63) is 47.9 Å². The molecule has 0 aliphatic heterocycles. The molecule has 1 aromatic heterocycles. The van der Waals surface area contributed by atoms with Crippen LogP contribution in [0.15, 0.2) is 41.0 Å². The van der Waals surface area contributed by atoms with Gasteiger partial charge in [0.05, 0.1) is 6.26 Å². The Morgan fingerprint density at radius 2 is 1.85 bits per heavy atom. The molecule has 1 heterocycles. The Bertz CT molecular complexity index is 552. The van der Waals surface area contributed by atoms with E-state index in [1.807, 2.05) is 12.1 Å². The summed E-state index contributed by atoms with van der Waals surface area (Å²) in [5, 5.41) is 9.04. The zero-order valence-corrected chi connectivity index (χ0v) is 11.8. The molecule has 2 aromatic rings. The predicted molar refractivity (Wildman–Crippen MR) is 78.9 cm³/mol. The van der Waals surface area contributed by atoms with Crippen LogP contribution >= 0.6 is 0 Å². The van der Waals surface area contributed by atoms with Crippen LogP contribution in [-0.4, -0.2) is 11.1 Å². The van der Waals surface area contributed by atoms with Crippen LogP contribution < -0.4 is 0 Å². The first-order chi connectivity index (χ1) is 9.72. The van der Waals surface area contributed by atoms with Gasteiger partial charge in [0.15, 0.2) is 0 Å². The summed E-state index contributed by atoms with van der Waals surface area (Å²) in [6, 6.07) is 9.76. The van der Waals surface area contributed by atoms with E-state index in [4.69, 9.17) is 9.52 Å². The van der Waals surface area contributed by atoms with Gasteiger partial charge in [-0.05, 0) is 30.0 Å². The molecule has 0 saturated heterocycles. The van der Waals surface area contributed by atoms with Gasteiger partial charge >= 0.3 is 5.97 Å². The average molecular weight is 272 g/mol. The third-order valence-corrected chi connectivity index (χ3v) is 3.44. The summed E-state index contributed by atoms with van der Waals surface area (Å²) in [5.41, 5.74) is 2.81. The fraction of sp³-hybridized carbons (Fsp3) is 0.353. The van der Waals surface area contributed by atoms with Gasteiger partial charge in [0.1, 0.15) is 0 Å². The van der Waals surface area contributed by atoms with Crippen LogP contribution in [0, 0.1) is 0 Å². The van der Waals surface area contributed by atoms with E-state index in [-0.39, 0.29) is 5.76 Å². The van der Waals surface area contributed by atoms with E-state index < -0.39 is 5.97 Å². The predicted octanol–water partition coefficient (Wildman–Crippen LogP) is 4.77. The van der Waals surface area contributed by atoms with Crippen molar-refractivity contribution < 1.29 is 14.3 Å². The molecule has 2 rings (SSSR count). The highest BCUT2D eigenvalue weighted by Gasteiger charge is 2.15. The molecule has 20 heavy (non-hydrogen) atoms. The maximum absolute atomic E-state index is 11.0. The summed E-state index contributed by atoms with van der Waals surface area (Å²) in [6.07, 6.45) is 7.50. The van der Waals surface area contributed by atoms with E-state index in [9.17, 15) is 4.79 Å². The fourth-order valence-corrected chi connectivity index (χ4v) is 2.31. The van der Waals surface area contributed by atoms with Crippen molar-refractivity contribution in [3.8, 4) is 11.1 Å². The van der Waals surface area contributed by atoms with Gasteiger partial charge in [-0.25, -0.2) is 4.79 Å². The van der Waals surface area contributed by atoms with E-state index >= 15 is 0 Å². The lowest BCUT2D eigenvalue weighted by atomic mass is 10.0. The molecule has 106 valence electrons. The van der Waals surface area contributed by atoms with Crippen LogP contribution in [0.1, 0.15) is 48.7 Å². The molecule has 1 aromatic carbocycles. The maximum atomic E-state index is 11.0. The standard InChI is InChI=1S/C17H20O3/c1-2-3-4-5-6-13-7-9-14(10-8-13)15-11-12-20-16(15)17(18)19/h7-12H,2-6H2,1H3,(H,18,19). The number of rotatable bonds is 7. The highest BCUT2D eigenvalue weighted by atomic mass is 16.4. The van der Waals surface area contributed by atoms with Crippen LogP contribution in [0.3, 0.4) is 0 Å². The molecule has 0 radical (unpaired) electrons. The summed E-state index contributed by atoms with van der Waals surface area (Å²) in [5.74, 6) is -1.03. The molecule has 0 aliphatic rings. The van der Waals surface area contributed by atoms with E-state index in [2.05, 4.69) is 19.1 Å². The molecule has 0 amide bonds. The van der Waals surface area contributed by atoms with E-state index in [1.54, 1.807) is 6.07 Å². The monoisotopic (exact) mass is 272 g/mol. The van der Waals surface area contributed by atoms with Crippen molar-refractivity contribution >= 4 is 5.97 Å². The van der Waals surface area contributed by atoms with Gasteiger partial charge in [0.25, 0.3) is 0 Å². The third-order valence-electron chi connectivity index (χ3n) is 3.44. The minimum atomic E-state index is -1.03. The smallest absolute Gasteiger partial charge is 0.372 e. The number of carboxylic acids is 1. The summed E-state index contributed by atoms with van der Waals surface area (Å²) >= 11 is 0. The van der Waals surface area contributed by atoms with Crippen LogP contribution in [0.4, 0.5) is 0 Å². The van der Waals surface area contributed by atoms with Crippen LogP contribution in [0.5, 0.6) is 0 Å². The lowest BCUT2D eigenvalue weighted by Crippen LogP contribution is -1.96. The van der Waals surface area contributed by atoms with Gasteiger partial charge in [-0.15, -0.1) is 0 Å². The van der Waals surface area contributed by atoms with Crippen molar-refractivity contribution in [1.29, 1.82) is 0 Å². The first-order valence-corrected chi connectivity index (χ1v) is 7.12. The normalized spacial score (nSPS) is 10.7. The highest BCUT2D eigenvalue weighted by Crippen LogP contribution is 2.25. The largest absolute Gasteiger partial charge is 0.475 e. The molecule has 0 spiro atoms. The molecule has 3 nitrogen and oxygen atoms in total. The van der Waals surface area contributed by atoms with Gasteiger partial charge in [-0.2, -0.15) is 0 Å². The summed E-state index contributed by atoms with van der Waals surface area (Å²) in [6.45, 7) is 2.21. The van der Waals surface area contributed by atoms with Crippen molar-refractivity contribution in [3.63, 3.8) is 0 Å². The average Bonchev–Trinajstić information content (AvgIpc) is 2.94. The molecule has 1 N–H and O–H groups in total. The number of aromatic carboxylic acids is 1. The number of unbranched alkanes of at least 4 members (excludes halogenated alkanes) is 3. The molecule has 0 unspecified atom stereocenters. The van der Waals surface area contributed by atoms with Gasteiger partial charge in [0, 0.05) is 5.56 Å².